The highest BCUT2D eigenvalue weighted by molar-refractivity contribution is 6.24. The Balaban J connectivity index is 0.724. The number of hydrogen-bond acceptors (Lipinski definition) is 14. The Hall–Kier alpha value is -8.65. The monoisotopic (exact) mass is 946 g/mol. The number of ether oxygens (including phenoxy) is 2. The standard InChI is InChI=1S/C50H43FN10O9/c1-69-42-25-36-38(52-19-16-41(36)70-33-10-6-30(7-11-33)54-49(68)50(17-18-50)48(67)53-29-4-2-28(51)3-5-29)26-39(42)55-44(63)37-13-8-31(57-58-37)27-59-20-22-60(23-21-59)32-9-12-34-35(24-32)47(66)61(46(34)65)40-14-15-43(62)56-45(40)64/h2-13,16,19,24-26,40H,14-15,17-18,20-23,27H2,1H3,(H,53,67)(H,54,68)(H,55,63)(H,56,62,64). The van der Waals surface area contributed by atoms with Gasteiger partial charge in [-0.25, -0.2) is 4.39 Å². The molecule has 2 saturated heterocycles. The minimum atomic E-state index is -1.21. The lowest BCUT2D eigenvalue weighted by Gasteiger charge is -2.36. The first kappa shape index (κ1) is 45.1. The van der Waals surface area contributed by atoms with Crippen LogP contribution in [0.25, 0.3) is 10.9 Å². The number of piperidine rings is 1. The lowest BCUT2D eigenvalue weighted by atomic mass is 10.0. The molecule has 354 valence electrons. The second kappa shape index (κ2) is 18.4. The molecule has 0 spiro atoms. The molecule has 3 aliphatic heterocycles. The number of pyridine rings is 1. The number of aromatic nitrogens is 3. The van der Waals surface area contributed by atoms with Gasteiger partial charge >= 0.3 is 0 Å². The highest BCUT2D eigenvalue weighted by atomic mass is 19.1. The van der Waals surface area contributed by atoms with Crippen LogP contribution in [0.15, 0.2) is 103 Å². The van der Waals surface area contributed by atoms with E-state index in [0.29, 0.717) is 96.5 Å². The fourth-order valence-corrected chi connectivity index (χ4v) is 8.75. The predicted molar refractivity (Wildman–Crippen MR) is 251 cm³/mol. The molecule has 4 N–H and O–H groups in total. The number of halogens is 1. The average Bonchev–Trinajstić information content (AvgIpc) is 4.15. The predicted octanol–water partition coefficient (Wildman–Crippen LogP) is 5.30. The Bertz CT molecular complexity index is 3120. The number of benzene rings is 4. The van der Waals surface area contributed by atoms with E-state index in [1.165, 1.54) is 31.4 Å². The number of methoxy groups -OCH3 is 1. The summed E-state index contributed by atoms with van der Waals surface area (Å²) in [5.74, 6) is -2.77. The zero-order valence-electron chi connectivity index (χ0n) is 37.5. The number of fused-ring (bicyclic) bond motifs is 2. The van der Waals surface area contributed by atoms with E-state index in [1.54, 1.807) is 79.0 Å². The minimum absolute atomic E-state index is 0.0497. The van der Waals surface area contributed by atoms with E-state index in [2.05, 4.69) is 46.2 Å². The van der Waals surface area contributed by atoms with Crippen molar-refractivity contribution in [3.63, 3.8) is 0 Å². The van der Waals surface area contributed by atoms with Crippen LogP contribution in [0.1, 0.15) is 62.6 Å². The number of nitrogens with one attached hydrogen (secondary N) is 4. The molecule has 1 atom stereocenters. The van der Waals surface area contributed by atoms with E-state index in [-0.39, 0.29) is 29.7 Å². The lowest BCUT2D eigenvalue weighted by molar-refractivity contribution is -0.136. The molecule has 20 heteroatoms. The molecular weight excluding hydrogens is 904 g/mol. The maximum atomic E-state index is 13.4. The summed E-state index contributed by atoms with van der Waals surface area (Å²) >= 11 is 0. The second-order valence-electron chi connectivity index (χ2n) is 17.3. The van der Waals surface area contributed by atoms with Crippen molar-refractivity contribution >= 4 is 75.0 Å². The van der Waals surface area contributed by atoms with E-state index < -0.39 is 58.6 Å². The molecule has 4 aromatic carbocycles. The molecule has 7 amide bonds. The summed E-state index contributed by atoms with van der Waals surface area (Å²) < 4.78 is 25.2. The highest BCUT2D eigenvalue weighted by Gasteiger charge is 2.56. The third-order valence-corrected chi connectivity index (χ3v) is 12.8. The zero-order chi connectivity index (χ0) is 48.7. The molecule has 4 aliphatic rings. The van der Waals surface area contributed by atoms with Gasteiger partial charge in [0.1, 0.15) is 34.5 Å². The Labute approximate surface area is 398 Å². The van der Waals surface area contributed by atoms with Crippen molar-refractivity contribution in [3.8, 4) is 17.2 Å². The fraction of sp³-hybridized carbons (Fsp3) is 0.240. The molecule has 19 nitrogen and oxygen atoms in total. The number of piperazine rings is 1. The Morgan fingerprint density at radius 2 is 1.47 bits per heavy atom. The molecule has 10 rings (SSSR count). The summed E-state index contributed by atoms with van der Waals surface area (Å²) in [6.07, 6.45) is 2.48. The molecule has 70 heavy (non-hydrogen) atoms. The van der Waals surface area contributed by atoms with Crippen molar-refractivity contribution in [2.45, 2.75) is 38.3 Å². The summed E-state index contributed by atoms with van der Waals surface area (Å²) in [5, 5.41) is 19.7. The number of carbonyl (C=O) groups excluding carboxylic acids is 7. The third-order valence-electron chi connectivity index (χ3n) is 12.8. The summed E-state index contributed by atoms with van der Waals surface area (Å²) in [6, 6.07) is 24.5. The topological polar surface area (TPSA) is 234 Å². The normalized spacial score (nSPS) is 17.4. The Morgan fingerprint density at radius 3 is 2.13 bits per heavy atom. The molecule has 5 heterocycles. The molecule has 2 aromatic heterocycles. The zero-order valence-corrected chi connectivity index (χ0v) is 37.5. The first-order valence-corrected chi connectivity index (χ1v) is 22.5. The maximum Gasteiger partial charge on any atom is 0.276 e. The number of amides is 7. The van der Waals surface area contributed by atoms with Crippen LogP contribution in [-0.2, 0) is 25.7 Å². The van der Waals surface area contributed by atoms with Crippen LogP contribution in [-0.4, -0.2) is 106 Å². The van der Waals surface area contributed by atoms with Gasteiger partial charge in [0.15, 0.2) is 5.69 Å². The summed E-state index contributed by atoms with van der Waals surface area (Å²) in [4.78, 5) is 100.0. The van der Waals surface area contributed by atoms with Gasteiger partial charge < -0.3 is 30.3 Å². The number of nitrogens with zero attached hydrogens (tertiary/aromatic N) is 6. The summed E-state index contributed by atoms with van der Waals surface area (Å²) in [7, 11) is 1.47. The van der Waals surface area contributed by atoms with Crippen LogP contribution in [0, 0.1) is 11.2 Å². The SMILES string of the molecule is COc1cc2c(Oc3ccc(NC(=O)C4(C(=O)Nc5ccc(F)cc5)CC4)cc3)ccnc2cc1NC(=O)c1ccc(CN2CCN(c3ccc4c(c3)C(=O)N(C3CCC(=O)NC3=O)C4=O)CC2)nn1. The Kier molecular flexibility index (Phi) is 11.9. The number of rotatable bonds is 13. The van der Waals surface area contributed by atoms with Crippen LogP contribution >= 0.6 is 0 Å². The van der Waals surface area contributed by atoms with Gasteiger partial charge in [-0.2, -0.15) is 5.10 Å². The largest absolute Gasteiger partial charge is 0.495 e. The van der Waals surface area contributed by atoms with E-state index >= 15 is 0 Å². The molecule has 1 aliphatic carbocycles. The quantitative estimate of drug-likeness (QED) is 0.0851. The molecule has 0 bridgehead atoms. The molecule has 1 unspecified atom stereocenters. The van der Waals surface area contributed by atoms with E-state index in [1.807, 2.05) is 0 Å². The van der Waals surface area contributed by atoms with Gasteiger partial charge in [0.05, 0.1) is 35.1 Å². The van der Waals surface area contributed by atoms with Crippen LogP contribution in [0.2, 0.25) is 0 Å². The van der Waals surface area contributed by atoms with Gasteiger partial charge in [0.2, 0.25) is 23.6 Å². The van der Waals surface area contributed by atoms with Gasteiger partial charge in [0.25, 0.3) is 17.7 Å². The number of anilines is 4. The van der Waals surface area contributed by atoms with Crippen LogP contribution in [0.4, 0.5) is 27.1 Å². The van der Waals surface area contributed by atoms with Crippen LogP contribution in [0.5, 0.6) is 17.2 Å². The van der Waals surface area contributed by atoms with Gasteiger partial charge in [-0.1, -0.05) is 0 Å². The van der Waals surface area contributed by atoms with Crippen molar-refractivity contribution < 1.29 is 47.4 Å². The number of hydrogen-bond donors (Lipinski definition) is 4. The lowest BCUT2D eigenvalue weighted by Crippen LogP contribution is -2.54. The van der Waals surface area contributed by atoms with E-state index in [4.69, 9.17) is 9.47 Å². The number of imide groups is 2. The summed E-state index contributed by atoms with van der Waals surface area (Å²) in [6.45, 7) is 3.07. The summed E-state index contributed by atoms with van der Waals surface area (Å²) in [5.41, 5.74) is 2.49. The molecule has 6 aromatic rings. The van der Waals surface area contributed by atoms with Crippen molar-refractivity contribution in [2.24, 2.45) is 5.41 Å². The average molecular weight is 947 g/mol. The van der Waals surface area contributed by atoms with Gasteiger partial charge in [-0.05, 0) is 116 Å². The molecule has 1 saturated carbocycles. The Morgan fingerprint density at radius 1 is 0.771 bits per heavy atom. The maximum absolute atomic E-state index is 13.4. The van der Waals surface area contributed by atoms with Crippen molar-refractivity contribution in [3.05, 3.63) is 132 Å². The first-order valence-electron chi connectivity index (χ1n) is 22.5. The van der Waals surface area contributed by atoms with E-state index in [0.717, 1.165) is 10.6 Å². The second-order valence-corrected chi connectivity index (χ2v) is 17.3. The highest BCUT2D eigenvalue weighted by Crippen LogP contribution is 2.48. The number of carbonyl (C=O) groups is 7. The van der Waals surface area contributed by atoms with Gasteiger partial charge in [0, 0.05) is 67.8 Å². The van der Waals surface area contributed by atoms with Gasteiger partial charge in [-0.3, -0.25) is 53.7 Å². The van der Waals surface area contributed by atoms with Crippen molar-refractivity contribution in [2.75, 3.05) is 54.1 Å². The van der Waals surface area contributed by atoms with Gasteiger partial charge in [-0.15, -0.1) is 5.10 Å². The third kappa shape index (κ3) is 8.94. The molecular formula is C50H43FN10O9. The fourth-order valence-electron chi connectivity index (χ4n) is 8.75. The van der Waals surface area contributed by atoms with Crippen molar-refractivity contribution in [1.82, 2.24) is 30.3 Å². The minimum Gasteiger partial charge on any atom is -0.495 e. The smallest absolute Gasteiger partial charge is 0.276 e. The van der Waals surface area contributed by atoms with E-state index in [9.17, 15) is 38.0 Å². The van der Waals surface area contributed by atoms with Crippen molar-refractivity contribution in [1.29, 1.82) is 0 Å². The van der Waals surface area contributed by atoms with Crippen LogP contribution in [0.3, 0.4) is 0 Å². The molecule has 0 radical (unpaired) electrons. The molecule has 3 fully saturated rings. The van der Waals surface area contributed by atoms with Crippen LogP contribution < -0.4 is 35.6 Å². The first-order chi connectivity index (χ1) is 33.8.